The molecule has 3 rings (SSSR count). The lowest BCUT2D eigenvalue weighted by Crippen LogP contribution is -2.51. The zero-order valence-corrected chi connectivity index (χ0v) is 15.8. The van der Waals surface area contributed by atoms with Crippen LogP contribution in [0.15, 0.2) is 29.1 Å². The van der Waals surface area contributed by atoms with Crippen molar-refractivity contribution in [3.63, 3.8) is 0 Å². The van der Waals surface area contributed by atoms with Crippen molar-refractivity contribution < 1.29 is 9.59 Å². The van der Waals surface area contributed by atoms with E-state index in [9.17, 15) is 14.4 Å². The largest absolute Gasteiger partial charge is 0.339 e. The van der Waals surface area contributed by atoms with Crippen LogP contribution in [0.25, 0.3) is 10.9 Å². The van der Waals surface area contributed by atoms with Crippen molar-refractivity contribution in [2.24, 2.45) is 5.92 Å². The van der Waals surface area contributed by atoms with Crippen molar-refractivity contribution in [3.05, 3.63) is 34.6 Å². The Morgan fingerprint density at radius 3 is 2.33 bits per heavy atom. The van der Waals surface area contributed by atoms with Gasteiger partial charge in [-0.2, -0.15) is 0 Å². The maximum Gasteiger partial charge on any atom is 0.278 e. The summed E-state index contributed by atoms with van der Waals surface area (Å²) < 4.78 is 1.10. The fraction of sp³-hybridized carbons (Fsp3) is 0.526. The highest BCUT2D eigenvalue weighted by atomic mass is 16.2. The van der Waals surface area contributed by atoms with Crippen molar-refractivity contribution in [1.82, 2.24) is 24.8 Å². The van der Waals surface area contributed by atoms with E-state index >= 15 is 0 Å². The highest BCUT2D eigenvalue weighted by Gasteiger charge is 2.24. The predicted molar refractivity (Wildman–Crippen MR) is 101 cm³/mol. The molecule has 0 aliphatic carbocycles. The first kappa shape index (κ1) is 19.0. The molecule has 0 radical (unpaired) electrons. The molecule has 0 saturated carbocycles. The van der Waals surface area contributed by atoms with Crippen LogP contribution in [0.2, 0.25) is 0 Å². The predicted octanol–water partition coefficient (Wildman–Crippen LogP) is 0.898. The minimum absolute atomic E-state index is 0.141. The van der Waals surface area contributed by atoms with Crippen LogP contribution in [0.4, 0.5) is 0 Å². The normalized spacial score (nSPS) is 14.8. The number of nitrogens with zero attached hydrogens (tertiary/aromatic N) is 5. The summed E-state index contributed by atoms with van der Waals surface area (Å²) in [5, 5.41) is 8.31. The van der Waals surface area contributed by atoms with Crippen LogP contribution in [0.3, 0.4) is 0 Å². The van der Waals surface area contributed by atoms with E-state index in [0.717, 1.165) is 11.1 Å². The number of benzene rings is 1. The zero-order chi connectivity index (χ0) is 19.4. The number of fused-ring (bicyclic) bond motifs is 1. The average molecular weight is 371 g/mol. The maximum absolute atomic E-state index is 12.5. The first-order chi connectivity index (χ1) is 13.0. The lowest BCUT2D eigenvalue weighted by atomic mass is 10.1. The van der Waals surface area contributed by atoms with E-state index in [2.05, 4.69) is 24.2 Å². The van der Waals surface area contributed by atoms with Crippen molar-refractivity contribution in [3.8, 4) is 0 Å². The number of hydrogen-bond donors (Lipinski definition) is 0. The van der Waals surface area contributed by atoms with Gasteiger partial charge in [0, 0.05) is 32.6 Å². The van der Waals surface area contributed by atoms with Gasteiger partial charge in [0.25, 0.3) is 5.56 Å². The second kappa shape index (κ2) is 8.28. The highest BCUT2D eigenvalue weighted by molar-refractivity contribution is 5.79. The Bertz CT molecular complexity index is 884. The molecule has 1 aromatic heterocycles. The molecule has 8 heteroatoms. The number of aromatic nitrogens is 3. The molecule has 2 heterocycles. The van der Waals surface area contributed by atoms with Gasteiger partial charge in [0.2, 0.25) is 11.8 Å². The van der Waals surface area contributed by atoms with Gasteiger partial charge >= 0.3 is 0 Å². The van der Waals surface area contributed by atoms with Gasteiger partial charge in [-0.25, -0.2) is 4.68 Å². The third-order valence-corrected chi connectivity index (χ3v) is 4.83. The monoisotopic (exact) mass is 371 g/mol. The van der Waals surface area contributed by atoms with Crippen molar-refractivity contribution >= 4 is 22.7 Å². The van der Waals surface area contributed by atoms with Crippen molar-refractivity contribution in [2.75, 3.05) is 26.2 Å². The molecule has 1 aromatic carbocycles. The van der Waals surface area contributed by atoms with Gasteiger partial charge in [-0.3, -0.25) is 14.4 Å². The standard InChI is InChI=1S/C19H25N5O3/c1-14(2)7-8-17(25)22-9-11-23(12-10-22)18(26)13-24-19(27)15-5-3-4-6-16(15)20-21-24/h3-6,14H,7-13H2,1-2H3. The fourth-order valence-corrected chi connectivity index (χ4v) is 3.13. The van der Waals surface area contributed by atoms with Crippen LogP contribution in [0, 0.1) is 5.92 Å². The van der Waals surface area contributed by atoms with E-state index < -0.39 is 0 Å². The van der Waals surface area contributed by atoms with Gasteiger partial charge in [0.1, 0.15) is 12.1 Å². The summed E-state index contributed by atoms with van der Waals surface area (Å²) in [7, 11) is 0. The zero-order valence-electron chi connectivity index (χ0n) is 15.8. The van der Waals surface area contributed by atoms with Crippen molar-refractivity contribution in [2.45, 2.75) is 33.2 Å². The number of carbonyl (C=O) groups is 2. The van der Waals surface area contributed by atoms with Crippen LogP contribution >= 0.6 is 0 Å². The summed E-state index contributed by atoms with van der Waals surface area (Å²) in [5.41, 5.74) is 0.191. The Morgan fingerprint density at radius 1 is 1.04 bits per heavy atom. The third-order valence-electron chi connectivity index (χ3n) is 4.83. The fourth-order valence-electron chi connectivity index (χ4n) is 3.13. The SMILES string of the molecule is CC(C)CCC(=O)N1CCN(C(=O)Cn2nnc3ccccc3c2=O)CC1. The molecule has 0 atom stereocenters. The molecule has 144 valence electrons. The number of carbonyl (C=O) groups excluding carboxylic acids is 2. The Labute approximate surface area is 157 Å². The van der Waals surface area contributed by atoms with E-state index in [1.54, 1.807) is 29.2 Å². The molecular weight excluding hydrogens is 346 g/mol. The summed E-state index contributed by atoms with van der Waals surface area (Å²) >= 11 is 0. The van der Waals surface area contributed by atoms with E-state index in [-0.39, 0.29) is 23.9 Å². The van der Waals surface area contributed by atoms with Gasteiger partial charge in [-0.1, -0.05) is 31.2 Å². The molecular formula is C19H25N5O3. The lowest BCUT2D eigenvalue weighted by molar-refractivity contribution is -0.140. The summed E-state index contributed by atoms with van der Waals surface area (Å²) in [6.45, 7) is 6.06. The Kier molecular flexibility index (Phi) is 5.83. The van der Waals surface area contributed by atoms with Crippen LogP contribution < -0.4 is 5.56 Å². The number of piperazine rings is 1. The highest BCUT2D eigenvalue weighted by Crippen LogP contribution is 2.10. The van der Waals surface area contributed by atoms with E-state index in [4.69, 9.17) is 0 Å². The van der Waals surface area contributed by atoms with Crippen LogP contribution in [0.5, 0.6) is 0 Å². The number of rotatable bonds is 5. The molecule has 2 aromatic rings. The molecule has 0 bridgehead atoms. The van der Waals surface area contributed by atoms with E-state index in [0.29, 0.717) is 49.4 Å². The smallest absolute Gasteiger partial charge is 0.278 e. The van der Waals surface area contributed by atoms with Crippen molar-refractivity contribution in [1.29, 1.82) is 0 Å². The van der Waals surface area contributed by atoms with Gasteiger partial charge in [-0.15, -0.1) is 5.10 Å². The average Bonchev–Trinajstić information content (AvgIpc) is 2.68. The molecule has 1 fully saturated rings. The molecule has 8 nitrogen and oxygen atoms in total. The first-order valence-electron chi connectivity index (χ1n) is 9.34. The number of amides is 2. The number of hydrogen-bond acceptors (Lipinski definition) is 5. The van der Waals surface area contributed by atoms with Crippen LogP contribution in [-0.2, 0) is 16.1 Å². The van der Waals surface area contributed by atoms with Crippen LogP contribution in [0.1, 0.15) is 26.7 Å². The first-order valence-corrected chi connectivity index (χ1v) is 9.34. The summed E-state index contributed by atoms with van der Waals surface area (Å²) in [6, 6.07) is 6.93. The maximum atomic E-state index is 12.5. The van der Waals surface area contributed by atoms with E-state index in [1.807, 2.05) is 4.90 Å². The second-order valence-electron chi connectivity index (χ2n) is 7.26. The Morgan fingerprint density at radius 2 is 1.67 bits per heavy atom. The Balaban J connectivity index is 1.58. The molecule has 2 amide bonds. The molecule has 1 saturated heterocycles. The molecule has 27 heavy (non-hydrogen) atoms. The molecule has 1 aliphatic heterocycles. The van der Waals surface area contributed by atoms with Gasteiger partial charge in [0.15, 0.2) is 0 Å². The summed E-state index contributed by atoms with van der Waals surface area (Å²) in [6.07, 6.45) is 1.43. The second-order valence-corrected chi connectivity index (χ2v) is 7.26. The minimum atomic E-state index is -0.323. The topological polar surface area (TPSA) is 88.4 Å². The lowest BCUT2D eigenvalue weighted by Gasteiger charge is -2.35. The van der Waals surface area contributed by atoms with Gasteiger partial charge in [-0.05, 0) is 24.5 Å². The van der Waals surface area contributed by atoms with E-state index in [1.165, 1.54) is 0 Å². The van der Waals surface area contributed by atoms with Crippen LogP contribution in [-0.4, -0.2) is 62.8 Å². The quantitative estimate of drug-likeness (QED) is 0.779. The van der Waals surface area contributed by atoms with Gasteiger partial charge < -0.3 is 9.80 Å². The Hall–Kier alpha value is -2.77. The molecule has 0 spiro atoms. The minimum Gasteiger partial charge on any atom is -0.339 e. The molecule has 0 N–H and O–H groups in total. The summed E-state index contributed by atoms with van der Waals surface area (Å²) in [4.78, 5) is 40.7. The third kappa shape index (κ3) is 4.50. The molecule has 0 unspecified atom stereocenters. The molecule has 1 aliphatic rings. The van der Waals surface area contributed by atoms with Gasteiger partial charge in [0.05, 0.1) is 5.39 Å². The summed E-state index contributed by atoms with van der Waals surface area (Å²) in [5.74, 6) is 0.460.